The van der Waals surface area contributed by atoms with E-state index in [9.17, 15) is 4.79 Å². The van der Waals surface area contributed by atoms with Crippen LogP contribution in [0.15, 0.2) is 0 Å². The van der Waals surface area contributed by atoms with Crippen molar-refractivity contribution >= 4 is 5.91 Å². The van der Waals surface area contributed by atoms with Gasteiger partial charge in [-0.25, -0.2) is 0 Å². The third-order valence-electron chi connectivity index (χ3n) is 2.23. The van der Waals surface area contributed by atoms with Gasteiger partial charge in [0, 0.05) is 19.0 Å². The van der Waals surface area contributed by atoms with Gasteiger partial charge in [-0.2, -0.15) is 0 Å². The van der Waals surface area contributed by atoms with E-state index < -0.39 is 0 Å². The lowest BCUT2D eigenvalue weighted by molar-refractivity contribution is -0.129. The summed E-state index contributed by atoms with van der Waals surface area (Å²) in [6.07, 6.45) is 2.90. The van der Waals surface area contributed by atoms with Crippen molar-refractivity contribution in [2.75, 3.05) is 6.54 Å². The van der Waals surface area contributed by atoms with Crippen molar-refractivity contribution in [3.63, 3.8) is 0 Å². The summed E-state index contributed by atoms with van der Waals surface area (Å²) in [4.78, 5) is 13.1. The zero-order valence-corrected chi connectivity index (χ0v) is 6.76. The SMILES string of the molecule is C.C.C.CCC(C)N1CCCC1=O. The maximum absolute atomic E-state index is 11.1. The number of carbonyl (C=O) groups excluding carboxylic acids is 1. The van der Waals surface area contributed by atoms with Crippen LogP contribution in [0.3, 0.4) is 0 Å². The van der Waals surface area contributed by atoms with Crippen molar-refractivity contribution in [3.8, 4) is 0 Å². The number of rotatable bonds is 2. The predicted octanol–water partition coefficient (Wildman–Crippen LogP) is 3.32. The lowest BCUT2D eigenvalue weighted by Crippen LogP contribution is -2.33. The van der Waals surface area contributed by atoms with Gasteiger partial charge in [0.2, 0.25) is 5.91 Å². The molecule has 0 N–H and O–H groups in total. The molecule has 1 amide bonds. The van der Waals surface area contributed by atoms with E-state index in [1.807, 2.05) is 4.90 Å². The fourth-order valence-electron chi connectivity index (χ4n) is 1.36. The van der Waals surface area contributed by atoms with Crippen LogP contribution in [0.1, 0.15) is 55.4 Å². The molecule has 2 nitrogen and oxygen atoms in total. The molecule has 1 unspecified atom stereocenters. The van der Waals surface area contributed by atoms with Crippen LogP contribution in [0.2, 0.25) is 0 Å². The third kappa shape index (κ3) is 4.30. The minimum Gasteiger partial charge on any atom is -0.340 e. The fourth-order valence-corrected chi connectivity index (χ4v) is 1.36. The molecule has 0 aromatic heterocycles. The Morgan fingerprint density at radius 2 is 1.92 bits per heavy atom. The second-order valence-electron chi connectivity index (χ2n) is 2.95. The van der Waals surface area contributed by atoms with Crippen molar-refractivity contribution in [1.82, 2.24) is 4.90 Å². The normalized spacial score (nSPS) is 16.8. The van der Waals surface area contributed by atoms with Crippen molar-refractivity contribution in [2.24, 2.45) is 0 Å². The van der Waals surface area contributed by atoms with Crippen LogP contribution in [0.25, 0.3) is 0 Å². The van der Waals surface area contributed by atoms with Gasteiger partial charge in [0.15, 0.2) is 0 Å². The average molecular weight is 189 g/mol. The number of hydrogen-bond acceptors (Lipinski definition) is 1. The van der Waals surface area contributed by atoms with Crippen LogP contribution in [0, 0.1) is 0 Å². The lowest BCUT2D eigenvalue weighted by atomic mass is 10.2. The Labute approximate surface area is 84.3 Å². The standard InChI is InChI=1S/C8H15NO.3CH4/c1-3-7(2)9-6-4-5-8(9)10;;;/h7H,3-6H2,1-2H3;3*1H4. The fraction of sp³-hybridized carbons (Fsp3) is 0.909. The molecule has 0 spiro atoms. The maximum atomic E-state index is 11.1. The molecule has 0 aliphatic carbocycles. The summed E-state index contributed by atoms with van der Waals surface area (Å²) in [5, 5.41) is 0. The molecule has 0 saturated carbocycles. The summed E-state index contributed by atoms with van der Waals surface area (Å²) < 4.78 is 0. The molecular weight excluding hydrogens is 162 g/mol. The molecule has 0 aromatic rings. The van der Waals surface area contributed by atoms with Crippen molar-refractivity contribution in [2.45, 2.75) is 61.4 Å². The highest BCUT2D eigenvalue weighted by atomic mass is 16.2. The van der Waals surface area contributed by atoms with Gasteiger partial charge in [-0.05, 0) is 19.8 Å². The van der Waals surface area contributed by atoms with Gasteiger partial charge in [-0.15, -0.1) is 0 Å². The van der Waals surface area contributed by atoms with Gasteiger partial charge in [-0.1, -0.05) is 29.2 Å². The smallest absolute Gasteiger partial charge is 0.222 e. The molecule has 0 radical (unpaired) electrons. The van der Waals surface area contributed by atoms with Crippen molar-refractivity contribution in [3.05, 3.63) is 0 Å². The Morgan fingerprint density at radius 1 is 1.38 bits per heavy atom. The van der Waals surface area contributed by atoms with Gasteiger partial charge in [0.1, 0.15) is 0 Å². The lowest BCUT2D eigenvalue weighted by Gasteiger charge is -2.22. The molecule has 82 valence electrons. The second-order valence-corrected chi connectivity index (χ2v) is 2.95. The van der Waals surface area contributed by atoms with Gasteiger partial charge in [0.05, 0.1) is 0 Å². The van der Waals surface area contributed by atoms with Crippen molar-refractivity contribution in [1.29, 1.82) is 0 Å². The summed E-state index contributed by atoms with van der Waals surface area (Å²) in [5.41, 5.74) is 0. The zero-order valence-electron chi connectivity index (χ0n) is 6.76. The van der Waals surface area contributed by atoms with E-state index in [0.717, 1.165) is 25.8 Å². The van der Waals surface area contributed by atoms with E-state index in [0.29, 0.717) is 11.9 Å². The zero-order chi connectivity index (χ0) is 7.56. The van der Waals surface area contributed by atoms with Crippen molar-refractivity contribution < 1.29 is 4.79 Å². The minimum absolute atomic E-state index is 0. The van der Waals surface area contributed by atoms with Gasteiger partial charge in [-0.3, -0.25) is 4.79 Å². The summed E-state index contributed by atoms with van der Waals surface area (Å²) in [7, 11) is 0. The quantitative estimate of drug-likeness (QED) is 0.652. The summed E-state index contributed by atoms with van der Waals surface area (Å²) in [6.45, 7) is 5.22. The van der Waals surface area contributed by atoms with Crippen LogP contribution < -0.4 is 0 Å². The first-order valence-electron chi connectivity index (χ1n) is 4.05. The Bertz CT molecular complexity index is 134. The Morgan fingerprint density at radius 3 is 2.23 bits per heavy atom. The molecule has 13 heavy (non-hydrogen) atoms. The second kappa shape index (κ2) is 8.09. The topological polar surface area (TPSA) is 20.3 Å². The first-order chi connectivity index (χ1) is 4.75. The first-order valence-corrected chi connectivity index (χ1v) is 4.05. The number of amides is 1. The van der Waals surface area contributed by atoms with E-state index >= 15 is 0 Å². The van der Waals surface area contributed by atoms with Crippen LogP contribution in [-0.4, -0.2) is 23.4 Å². The monoisotopic (exact) mass is 189 g/mol. The predicted molar refractivity (Wildman–Crippen MR) is 60.9 cm³/mol. The Kier molecular flexibility index (Phi) is 11.4. The molecule has 1 atom stereocenters. The minimum atomic E-state index is 0. The number of likely N-dealkylation sites (tertiary alicyclic amines) is 1. The highest BCUT2D eigenvalue weighted by molar-refractivity contribution is 5.78. The maximum Gasteiger partial charge on any atom is 0.222 e. The molecule has 1 aliphatic heterocycles. The number of hydrogen-bond donors (Lipinski definition) is 0. The van der Waals surface area contributed by atoms with Crippen LogP contribution >= 0.6 is 0 Å². The van der Waals surface area contributed by atoms with E-state index in [1.54, 1.807) is 0 Å². The summed E-state index contributed by atoms with van der Waals surface area (Å²) in [6, 6.07) is 0.454. The van der Waals surface area contributed by atoms with Gasteiger partial charge >= 0.3 is 0 Å². The van der Waals surface area contributed by atoms with E-state index in [-0.39, 0.29) is 22.3 Å². The number of carbonyl (C=O) groups is 1. The Balaban J connectivity index is -0.000000333. The number of nitrogens with zero attached hydrogens (tertiary/aromatic N) is 1. The van der Waals surface area contributed by atoms with Crippen LogP contribution in [0.4, 0.5) is 0 Å². The summed E-state index contributed by atoms with van der Waals surface area (Å²) in [5.74, 6) is 0.342. The molecule has 1 fully saturated rings. The highest BCUT2D eigenvalue weighted by Crippen LogP contribution is 2.14. The Hall–Kier alpha value is -0.530. The molecule has 0 bridgehead atoms. The van der Waals surface area contributed by atoms with E-state index in [4.69, 9.17) is 0 Å². The molecule has 1 heterocycles. The highest BCUT2D eigenvalue weighted by Gasteiger charge is 2.23. The molecule has 2 heteroatoms. The van der Waals surface area contributed by atoms with Gasteiger partial charge in [0.25, 0.3) is 0 Å². The molecular formula is C11H27NO. The third-order valence-corrected chi connectivity index (χ3v) is 2.23. The molecule has 1 rings (SSSR count). The molecule has 0 aromatic carbocycles. The largest absolute Gasteiger partial charge is 0.340 e. The molecule has 1 saturated heterocycles. The molecule has 1 aliphatic rings. The van der Waals surface area contributed by atoms with Crippen LogP contribution in [-0.2, 0) is 4.79 Å². The van der Waals surface area contributed by atoms with E-state index in [2.05, 4.69) is 13.8 Å². The first kappa shape index (κ1) is 18.3. The average Bonchev–Trinajstić information content (AvgIpc) is 2.34. The van der Waals surface area contributed by atoms with Gasteiger partial charge < -0.3 is 4.90 Å². The summed E-state index contributed by atoms with van der Waals surface area (Å²) >= 11 is 0. The van der Waals surface area contributed by atoms with Crippen LogP contribution in [0.5, 0.6) is 0 Å². The van der Waals surface area contributed by atoms with E-state index in [1.165, 1.54) is 0 Å².